The van der Waals surface area contributed by atoms with Gasteiger partial charge in [-0.3, -0.25) is 9.59 Å². The summed E-state index contributed by atoms with van der Waals surface area (Å²) < 4.78 is 5.26. The lowest BCUT2D eigenvalue weighted by atomic mass is 10.1. The van der Waals surface area contributed by atoms with Crippen LogP contribution in [-0.2, 0) is 14.3 Å². The molecule has 0 aromatic rings. The van der Waals surface area contributed by atoms with Gasteiger partial charge in [-0.05, 0) is 12.8 Å². The second-order valence-electron chi connectivity index (χ2n) is 4.43. The van der Waals surface area contributed by atoms with E-state index in [-0.39, 0.29) is 6.04 Å². The van der Waals surface area contributed by atoms with Crippen LogP contribution in [0.5, 0.6) is 0 Å². The SMILES string of the molecule is O=C(NC1CCCOC1)C(=O)N1CCNCC1. The smallest absolute Gasteiger partial charge is 0.311 e. The Morgan fingerprint density at radius 2 is 2.06 bits per heavy atom. The molecule has 0 aromatic heterocycles. The number of carbonyl (C=O) groups excluding carboxylic acids is 2. The van der Waals surface area contributed by atoms with Crippen molar-refractivity contribution >= 4 is 11.8 Å². The van der Waals surface area contributed by atoms with Crippen molar-refractivity contribution in [1.82, 2.24) is 15.5 Å². The number of hydrogen-bond donors (Lipinski definition) is 2. The summed E-state index contributed by atoms with van der Waals surface area (Å²) in [5, 5.41) is 5.88. The van der Waals surface area contributed by atoms with Gasteiger partial charge in [0.2, 0.25) is 0 Å². The van der Waals surface area contributed by atoms with Crippen LogP contribution >= 0.6 is 0 Å². The average Bonchev–Trinajstić information content (AvgIpc) is 2.40. The van der Waals surface area contributed by atoms with E-state index in [2.05, 4.69) is 10.6 Å². The highest BCUT2D eigenvalue weighted by molar-refractivity contribution is 6.35. The Balaban J connectivity index is 1.79. The molecule has 1 unspecified atom stereocenters. The lowest BCUT2D eigenvalue weighted by Gasteiger charge is -2.28. The highest BCUT2D eigenvalue weighted by Crippen LogP contribution is 2.05. The van der Waals surface area contributed by atoms with Gasteiger partial charge in [-0.2, -0.15) is 0 Å². The minimum Gasteiger partial charge on any atom is -0.379 e. The van der Waals surface area contributed by atoms with Gasteiger partial charge in [0.25, 0.3) is 0 Å². The summed E-state index contributed by atoms with van der Waals surface area (Å²) in [5.41, 5.74) is 0. The van der Waals surface area contributed by atoms with Gasteiger partial charge in [0, 0.05) is 32.8 Å². The van der Waals surface area contributed by atoms with Gasteiger partial charge in [-0.1, -0.05) is 0 Å². The standard InChI is InChI=1S/C11H19N3O3/c15-10(13-9-2-1-7-17-8-9)11(16)14-5-3-12-4-6-14/h9,12H,1-8H2,(H,13,15). The Morgan fingerprint density at radius 3 is 2.71 bits per heavy atom. The normalized spacial score (nSPS) is 25.4. The molecule has 17 heavy (non-hydrogen) atoms. The minimum absolute atomic E-state index is 0.0110. The summed E-state index contributed by atoms with van der Waals surface area (Å²) >= 11 is 0. The van der Waals surface area contributed by atoms with Gasteiger partial charge in [0.15, 0.2) is 0 Å². The predicted molar refractivity (Wildman–Crippen MR) is 61.4 cm³/mol. The van der Waals surface area contributed by atoms with Crippen LogP contribution in [0.3, 0.4) is 0 Å². The summed E-state index contributed by atoms with van der Waals surface area (Å²) in [6.07, 6.45) is 1.83. The molecule has 2 N–H and O–H groups in total. The predicted octanol–water partition coefficient (Wildman–Crippen LogP) is -1.29. The van der Waals surface area contributed by atoms with Crippen LogP contribution in [0.4, 0.5) is 0 Å². The summed E-state index contributed by atoms with van der Waals surface area (Å²) in [5.74, 6) is -0.917. The first-order valence-electron chi connectivity index (χ1n) is 6.15. The summed E-state index contributed by atoms with van der Waals surface area (Å²) in [4.78, 5) is 25.1. The molecule has 2 fully saturated rings. The fraction of sp³-hybridized carbons (Fsp3) is 0.818. The highest BCUT2D eigenvalue weighted by atomic mass is 16.5. The molecule has 2 aliphatic heterocycles. The molecule has 0 radical (unpaired) electrons. The van der Waals surface area contributed by atoms with Crippen LogP contribution < -0.4 is 10.6 Å². The van der Waals surface area contributed by atoms with Gasteiger partial charge in [-0.25, -0.2) is 0 Å². The number of hydrogen-bond acceptors (Lipinski definition) is 4. The third kappa shape index (κ3) is 3.41. The molecule has 2 amide bonds. The van der Waals surface area contributed by atoms with E-state index < -0.39 is 11.8 Å². The van der Waals surface area contributed by atoms with Crippen LogP contribution in [0.15, 0.2) is 0 Å². The topological polar surface area (TPSA) is 70.7 Å². The Labute approximate surface area is 101 Å². The Morgan fingerprint density at radius 1 is 1.29 bits per heavy atom. The van der Waals surface area contributed by atoms with Crippen LogP contribution in [0.25, 0.3) is 0 Å². The quantitative estimate of drug-likeness (QED) is 0.561. The van der Waals surface area contributed by atoms with Crippen molar-refractivity contribution in [3.8, 4) is 0 Å². The second kappa shape index (κ2) is 5.97. The molecule has 96 valence electrons. The zero-order valence-electron chi connectivity index (χ0n) is 9.91. The molecular formula is C11H19N3O3. The Bertz CT molecular complexity index is 284. The van der Waals surface area contributed by atoms with E-state index in [0.29, 0.717) is 19.7 Å². The number of piperazine rings is 1. The maximum absolute atomic E-state index is 11.8. The average molecular weight is 241 g/mol. The number of carbonyl (C=O) groups is 2. The number of rotatable bonds is 1. The molecule has 0 aliphatic carbocycles. The van der Waals surface area contributed by atoms with Gasteiger partial charge >= 0.3 is 11.8 Å². The lowest BCUT2D eigenvalue weighted by Crippen LogP contribution is -2.53. The number of ether oxygens (including phenoxy) is 1. The van der Waals surface area contributed by atoms with Crippen molar-refractivity contribution in [1.29, 1.82) is 0 Å². The maximum atomic E-state index is 11.8. The van der Waals surface area contributed by atoms with Crippen molar-refractivity contribution in [2.45, 2.75) is 18.9 Å². The van der Waals surface area contributed by atoms with Gasteiger partial charge in [0.1, 0.15) is 0 Å². The van der Waals surface area contributed by atoms with E-state index in [1.165, 1.54) is 0 Å². The molecule has 0 bridgehead atoms. The largest absolute Gasteiger partial charge is 0.379 e. The summed E-state index contributed by atoms with van der Waals surface area (Å²) in [6, 6.07) is -0.0110. The molecule has 0 spiro atoms. The van der Waals surface area contributed by atoms with Crippen LogP contribution in [0.1, 0.15) is 12.8 Å². The first-order valence-corrected chi connectivity index (χ1v) is 6.15. The monoisotopic (exact) mass is 241 g/mol. The third-order valence-corrected chi connectivity index (χ3v) is 3.09. The van der Waals surface area contributed by atoms with Crippen molar-refractivity contribution in [2.75, 3.05) is 39.4 Å². The van der Waals surface area contributed by atoms with Crippen molar-refractivity contribution in [3.05, 3.63) is 0 Å². The number of nitrogens with zero attached hydrogens (tertiary/aromatic N) is 1. The molecule has 2 aliphatic rings. The zero-order chi connectivity index (χ0) is 12.1. The first-order chi connectivity index (χ1) is 8.27. The van der Waals surface area contributed by atoms with Crippen LogP contribution in [-0.4, -0.2) is 62.1 Å². The summed E-state index contributed by atoms with van der Waals surface area (Å²) in [6.45, 7) is 3.98. The maximum Gasteiger partial charge on any atom is 0.311 e. The van der Waals surface area contributed by atoms with Gasteiger partial charge in [-0.15, -0.1) is 0 Å². The van der Waals surface area contributed by atoms with Crippen LogP contribution in [0.2, 0.25) is 0 Å². The molecule has 2 heterocycles. The van der Waals surface area contributed by atoms with E-state index in [9.17, 15) is 9.59 Å². The van der Waals surface area contributed by atoms with Crippen LogP contribution in [0, 0.1) is 0 Å². The molecule has 0 saturated carbocycles. The second-order valence-corrected chi connectivity index (χ2v) is 4.43. The zero-order valence-corrected chi connectivity index (χ0v) is 9.91. The summed E-state index contributed by atoms with van der Waals surface area (Å²) in [7, 11) is 0. The van der Waals surface area contributed by atoms with Crippen molar-refractivity contribution in [3.63, 3.8) is 0 Å². The molecule has 6 heteroatoms. The van der Waals surface area contributed by atoms with Gasteiger partial charge < -0.3 is 20.3 Å². The molecular weight excluding hydrogens is 222 g/mol. The van der Waals surface area contributed by atoms with E-state index in [0.717, 1.165) is 32.5 Å². The molecule has 2 saturated heterocycles. The van der Waals surface area contributed by atoms with Gasteiger partial charge in [0.05, 0.1) is 12.6 Å². The number of amides is 2. The van der Waals surface area contributed by atoms with E-state index in [4.69, 9.17) is 4.74 Å². The Hall–Kier alpha value is -1.14. The van der Waals surface area contributed by atoms with E-state index >= 15 is 0 Å². The molecule has 1 atom stereocenters. The third-order valence-electron chi connectivity index (χ3n) is 3.09. The molecule has 6 nitrogen and oxygen atoms in total. The highest BCUT2D eigenvalue weighted by Gasteiger charge is 2.25. The number of nitrogens with one attached hydrogen (secondary N) is 2. The van der Waals surface area contributed by atoms with Crippen molar-refractivity contribution in [2.24, 2.45) is 0 Å². The lowest BCUT2D eigenvalue weighted by molar-refractivity contribution is -0.147. The Kier molecular flexibility index (Phi) is 4.33. The minimum atomic E-state index is -0.498. The fourth-order valence-corrected chi connectivity index (χ4v) is 2.11. The molecule has 0 aromatic carbocycles. The fourth-order valence-electron chi connectivity index (χ4n) is 2.11. The van der Waals surface area contributed by atoms with E-state index in [1.807, 2.05) is 0 Å². The molecule has 2 rings (SSSR count). The first kappa shape index (κ1) is 12.3. The van der Waals surface area contributed by atoms with E-state index in [1.54, 1.807) is 4.90 Å². The van der Waals surface area contributed by atoms with Crippen molar-refractivity contribution < 1.29 is 14.3 Å².